The lowest BCUT2D eigenvalue weighted by atomic mass is 10.2. The summed E-state index contributed by atoms with van der Waals surface area (Å²) in [6, 6.07) is 8.48. The van der Waals surface area contributed by atoms with Crippen LogP contribution in [0.3, 0.4) is 0 Å². The van der Waals surface area contributed by atoms with E-state index in [-0.39, 0.29) is 0 Å². The van der Waals surface area contributed by atoms with Crippen molar-refractivity contribution in [2.45, 2.75) is 30.7 Å². The molecule has 0 fully saturated rings. The number of thioether (sulfide) groups is 1. The van der Waals surface area contributed by atoms with Gasteiger partial charge in [0.2, 0.25) is 0 Å². The smallest absolute Gasteiger partial charge is 0.119 e. The average molecular weight is 225 g/mol. The van der Waals surface area contributed by atoms with Gasteiger partial charge in [-0.15, -0.1) is 11.8 Å². The summed E-state index contributed by atoms with van der Waals surface area (Å²) in [6.07, 6.45) is 2.26. The highest BCUT2D eigenvalue weighted by Crippen LogP contribution is 2.23. The summed E-state index contributed by atoms with van der Waals surface area (Å²) in [5, 5.41) is 0. The zero-order valence-corrected chi connectivity index (χ0v) is 10.2. The van der Waals surface area contributed by atoms with Gasteiger partial charge in [-0.25, -0.2) is 0 Å². The van der Waals surface area contributed by atoms with Crippen molar-refractivity contribution >= 4 is 11.8 Å². The Morgan fingerprint density at radius 3 is 2.93 bits per heavy atom. The van der Waals surface area contributed by atoms with E-state index in [0.29, 0.717) is 6.04 Å². The van der Waals surface area contributed by atoms with E-state index >= 15 is 0 Å². The van der Waals surface area contributed by atoms with Crippen LogP contribution in [0.25, 0.3) is 0 Å². The number of methoxy groups -OCH3 is 1. The van der Waals surface area contributed by atoms with Gasteiger partial charge in [-0.2, -0.15) is 0 Å². The number of benzene rings is 1. The second-order valence-electron chi connectivity index (χ2n) is 3.65. The zero-order valence-electron chi connectivity index (χ0n) is 9.40. The van der Waals surface area contributed by atoms with Gasteiger partial charge < -0.3 is 10.5 Å². The molecule has 0 radical (unpaired) electrons. The summed E-state index contributed by atoms with van der Waals surface area (Å²) >= 11 is 1.86. The molecule has 1 atom stereocenters. The molecule has 1 rings (SSSR count). The van der Waals surface area contributed by atoms with E-state index in [4.69, 9.17) is 10.5 Å². The first-order valence-electron chi connectivity index (χ1n) is 5.25. The van der Waals surface area contributed by atoms with Crippen LogP contribution in [0.5, 0.6) is 5.75 Å². The largest absolute Gasteiger partial charge is 0.497 e. The Hall–Kier alpha value is -0.670. The Morgan fingerprint density at radius 2 is 2.27 bits per heavy atom. The van der Waals surface area contributed by atoms with Crippen molar-refractivity contribution in [3.8, 4) is 5.75 Å². The summed E-state index contributed by atoms with van der Waals surface area (Å²) in [7, 11) is 1.69. The van der Waals surface area contributed by atoms with Crippen LogP contribution in [0.15, 0.2) is 29.2 Å². The third kappa shape index (κ3) is 5.09. The minimum absolute atomic E-state index is 0.316. The highest BCUT2D eigenvalue weighted by atomic mass is 32.2. The van der Waals surface area contributed by atoms with E-state index in [1.807, 2.05) is 23.9 Å². The minimum Gasteiger partial charge on any atom is -0.497 e. The first kappa shape index (κ1) is 12.4. The van der Waals surface area contributed by atoms with E-state index in [9.17, 15) is 0 Å². The van der Waals surface area contributed by atoms with Crippen molar-refractivity contribution in [2.24, 2.45) is 5.73 Å². The topological polar surface area (TPSA) is 35.2 Å². The lowest BCUT2D eigenvalue weighted by molar-refractivity contribution is 0.413. The van der Waals surface area contributed by atoms with Gasteiger partial charge in [0.1, 0.15) is 5.75 Å². The zero-order chi connectivity index (χ0) is 11.1. The monoisotopic (exact) mass is 225 g/mol. The van der Waals surface area contributed by atoms with Gasteiger partial charge in [0.25, 0.3) is 0 Å². The second-order valence-corrected chi connectivity index (χ2v) is 4.82. The van der Waals surface area contributed by atoms with Crippen molar-refractivity contribution in [1.29, 1.82) is 0 Å². The molecule has 1 aromatic rings. The second kappa shape index (κ2) is 6.75. The lowest BCUT2D eigenvalue weighted by Crippen LogP contribution is -2.14. The summed E-state index contributed by atoms with van der Waals surface area (Å²) in [5.74, 6) is 2.04. The number of ether oxygens (including phenoxy) is 1. The van der Waals surface area contributed by atoms with Crippen molar-refractivity contribution in [3.63, 3.8) is 0 Å². The minimum atomic E-state index is 0.316. The molecular weight excluding hydrogens is 206 g/mol. The summed E-state index contributed by atoms with van der Waals surface area (Å²) in [6.45, 7) is 2.05. The van der Waals surface area contributed by atoms with Gasteiger partial charge >= 0.3 is 0 Å². The number of hydrogen-bond acceptors (Lipinski definition) is 3. The SMILES string of the molecule is COc1cccc(SCCCC(C)N)c1. The maximum Gasteiger partial charge on any atom is 0.119 e. The molecule has 0 amide bonds. The van der Waals surface area contributed by atoms with E-state index in [1.165, 1.54) is 11.3 Å². The molecule has 0 saturated carbocycles. The Morgan fingerprint density at radius 1 is 1.47 bits per heavy atom. The van der Waals surface area contributed by atoms with Crippen LogP contribution in [0.4, 0.5) is 0 Å². The molecule has 84 valence electrons. The fourth-order valence-electron chi connectivity index (χ4n) is 1.29. The number of hydrogen-bond donors (Lipinski definition) is 1. The molecule has 0 aromatic heterocycles. The summed E-state index contributed by atoms with van der Waals surface area (Å²) in [4.78, 5) is 1.26. The van der Waals surface area contributed by atoms with Crippen molar-refractivity contribution in [2.75, 3.05) is 12.9 Å². The fourth-order valence-corrected chi connectivity index (χ4v) is 2.21. The molecule has 3 heteroatoms. The van der Waals surface area contributed by atoms with Crippen molar-refractivity contribution in [3.05, 3.63) is 24.3 Å². The molecule has 0 saturated heterocycles. The Balaban J connectivity index is 2.30. The standard InChI is InChI=1S/C12H19NOS/c1-10(13)5-4-8-15-12-7-3-6-11(9-12)14-2/h3,6-7,9-10H,4-5,8,13H2,1-2H3. The van der Waals surface area contributed by atoms with E-state index in [0.717, 1.165) is 17.9 Å². The Labute approximate surface area is 96.2 Å². The maximum atomic E-state index is 5.69. The predicted octanol–water partition coefficient (Wildman–Crippen LogP) is 2.91. The molecule has 15 heavy (non-hydrogen) atoms. The van der Waals surface area contributed by atoms with Gasteiger partial charge in [-0.05, 0) is 43.7 Å². The highest BCUT2D eigenvalue weighted by molar-refractivity contribution is 7.99. The molecule has 2 nitrogen and oxygen atoms in total. The van der Waals surface area contributed by atoms with E-state index in [1.54, 1.807) is 7.11 Å². The number of nitrogens with two attached hydrogens (primary N) is 1. The van der Waals surface area contributed by atoms with Crippen molar-refractivity contribution < 1.29 is 4.74 Å². The van der Waals surface area contributed by atoms with Crippen LogP contribution >= 0.6 is 11.8 Å². The van der Waals surface area contributed by atoms with Crippen LogP contribution in [0.2, 0.25) is 0 Å². The van der Waals surface area contributed by atoms with E-state index < -0.39 is 0 Å². The van der Waals surface area contributed by atoms with Gasteiger partial charge in [0.15, 0.2) is 0 Å². The molecule has 0 bridgehead atoms. The van der Waals surface area contributed by atoms with Crippen LogP contribution in [-0.4, -0.2) is 18.9 Å². The first-order valence-corrected chi connectivity index (χ1v) is 6.23. The molecular formula is C12H19NOS. The van der Waals surface area contributed by atoms with Gasteiger partial charge in [0.05, 0.1) is 7.11 Å². The van der Waals surface area contributed by atoms with Gasteiger partial charge in [-0.1, -0.05) is 6.07 Å². The lowest BCUT2D eigenvalue weighted by Gasteiger charge is -2.05. The summed E-state index contributed by atoms with van der Waals surface area (Å²) in [5.41, 5.74) is 5.69. The van der Waals surface area contributed by atoms with Crippen LogP contribution in [0.1, 0.15) is 19.8 Å². The van der Waals surface area contributed by atoms with E-state index in [2.05, 4.69) is 19.1 Å². The molecule has 1 unspecified atom stereocenters. The molecule has 0 heterocycles. The third-order valence-corrected chi connectivity index (χ3v) is 3.19. The Bertz CT molecular complexity index is 289. The average Bonchev–Trinajstić information content (AvgIpc) is 2.24. The molecule has 1 aromatic carbocycles. The third-order valence-electron chi connectivity index (χ3n) is 2.11. The molecule has 0 aliphatic carbocycles. The van der Waals surface area contributed by atoms with Gasteiger partial charge in [-0.3, -0.25) is 0 Å². The quantitative estimate of drug-likeness (QED) is 0.597. The molecule has 0 spiro atoms. The van der Waals surface area contributed by atoms with Crippen LogP contribution in [-0.2, 0) is 0 Å². The van der Waals surface area contributed by atoms with Crippen LogP contribution < -0.4 is 10.5 Å². The van der Waals surface area contributed by atoms with Gasteiger partial charge in [0, 0.05) is 10.9 Å². The predicted molar refractivity (Wildman–Crippen MR) is 66.6 cm³/mol. The fraction of sp³-hybridized carbons (Fsp3) is 0.500. The molecule has 0 aliphatic heterocycles. The highest BCUT2D eigenvalue weighted by Gasteiger charge is 1.98. The molecule has 0 aliphatic rings. The molecule has 2 N–H and O–H groups in total. The number of rotatable bonds is 6. The van der Waals surface area contributed by atoms with Crippen LogP contribution in [0, 0.1) is 0 Å². The Kier molecular flexibility index (Phi) is 5.58. The first-order chi connectivity index (χ1) is 7.22. The summed E-state index contributed by atoms with van der Waals surface area (Å²) < 4.78 is 5.17. The maximum absolute atomic E-state index is 5.69. The van der Waals surface area contributed by atoms with Crippen molar-refractivity contribution in [1.82, 2.24) is 0 Å². The normalized spacial score (nSPS) is 12.5.